The third kappa shape index (κ3) is 6.70. The van der Waals surface area contributed by atoms with Crippen LogP contribution < -0.4 is 10.1 Å². The number of aliphatic carboxylic acids is 1. The molecule has 3 heterocycles. The van der Waals surface area contributed by atoms with E-state index in [2.05, 4.69) is 9.69 Å². The second-order valence-electron chi connectivity index (χ2n) is 11.2. The Hall–Kier alpha value is -4.29. The van der Waals surface area contributed by atoms with Crippen LogP contribution in [0, 0.1) is 0 Å². The molecule has 0 radical (unpaired) electrons. The number of amides is 3. The van der Waals surface area contributed by atoms with E-state index in [-0.39, 0.29) is 29.6 Å². The molecular weight excluding hydrogens is 594 g/mol. The molecule has 0 saturated carbocycles. The van der Waals surface area contributed by atoms with Gasteiger partial charge in [0.25, 0.3) is 0 Å². The lowest BCUT2D eigenvalue weighted by molar-refractivity contribution is -0.136. The number of Topliss-reactive ketones (excluding diaryl/α,β-unsaturated/α-hetero) is 1. The highest BCUT2D eigenvalue weighted by Crippen LogP contribution is 2.46. The smallest absolute Gasteiger partial charge is 0.326 e. The van der Waals surface area contributed by atoms with Crippen LogP contribution in [-0.4, -0.2) is 74.0 Å². The number of aliphatic imine (C=N–C) groups is 1. The number of ether oxygens (including phenoxy) is 1. The van der Waals surface area contributed by atoms with Crippen molar-refractivity contribution in [3.05, 3.63) is 81.3 Å². The minimum Gasteiger partial charge on any atom is -0.487 e. The molecule has 3 amide bonds. The van der Waals surface area contributed by atoms with E-state index in [1.807, 2.05) is 39.0 Å². The van der Waals surface area contributed by atoms with E-state index in [1.165, 1.54) is 28.6 Å². The highest BCUT2D eigenvalue weighted by molar-refractivity contribution is 7.05. The number of carboxylic acid groups (broad SMARTS) is 1. The van der Waals surface area contributed by atoms with Crippen molar-refractivity contribution in [2.45, 2.75) is 44.9 Å². The number of rotatable bonds is 7. The Morgan fingerprint density at radius 1 is 1.14 bits per heavy atom. The first-order valence-corrected chi connectivity index (χ1v) is 14.7. The third-order valence-corrected chi connectivity index (χ3v) is 7.88. The largest absolute Gasteiger partial charge is 0.487 e. The number of hydrogen-bond acceptors (Lipinski definition) is 8. The number of aromatic nitrogens is 1. The van der Waals surface area contributed by atoms with Gasteiger partial charge in [0.1, 0.15) is 36.2 Å². The number of halogens is 1. The molecule has 0 spiro atoms. The number of amidine groups is 1. The van der Waals surface area contributed by atoms with Gasteiger partial charge in [-0.1, -0.05) is 29.8 Å². The van der Waals surface area contributed by atoms with Crippen molar-refractivity contribution in [1.82, 2.24) is 19.5 Å². The topological polar surface area (TPSA) is 142 Å². The van der Waals surface area contributed by atoms with Crippen molar-refractivity contribution in [2.24, 2.45) is 4.99 Å². The van der Waals surface area contributed by atoms with E-state index >= 15 is 0 Å². The number of carbonyl (C=O) groups is 4. The van der Waals surface area contributed by atoms with Crippen LogP contribution in [0.15, 0.2) is 59.7 Å². The monoisotopic (exact) mass is 623 g/mol. The Bertz CT molecular complexity index is 1590. The van der Waals surface area contributed by atoms with Gasteiger partial charge in [0.15, 0.2) is 5.78 Å². The lowest BCUT2D eigenvalue weighted by Crippen LogP contribution is -2.55. The highest BCUT2D eigenvalue weighted by atomic mass is 35.5. The summed E-state index contributed by atoms with van der Waals surface area (Å²) in [5.41, 5.74) is 0.641. The summed E-state index contributed by atoms with van der Waals surface area (Å²) in [6, 6.07) is 12.0. The first-order chi connectivity index (χ1) is 20.4. The molecule has 2 aliphatic heterocycles. The molecule has 1 fully saturated rings. The Labute approximate surface area is 257 Å². The maximum Gasteiger partial charge on any atom is 0.326 e. The predicted molar refractivity (Wildman–Crippen MR) is 161 cm³/mol. The zero-order valence-electron chi connectivity index (χ0n) is 23.7. The van der Waals surface area contributed by atoms with E-state index < -0.39 is 41.9 Å². The number of nitrogens with zero attached hydrogens (tertiary/aromatic N) is 4. The first-order valence-electron chi connectivity index (χ1n) is 13.6. The van der Waals surface area contributed by atoms with E-state index in [9.17, 15) is 24.3 Å². The van der Waals surface area contributed by atoms with Crippen LogP contribution in [0.5, 0.6) is 5.75 Å². The number of carbonyl (C=O) groups excluding carboxylic acids is 3. The molecule has 2 atom stereocenters. The van der Waals surface area contributed by atoms with Crippen LogP contribution >= 0.6 is 23.1 Å². The minimum absolute atomic E-state index is 0.116. The third-order valence-electron chi connectivity index (χ3n) is 6.81. The van der Waals surface area contributed by atoms with Crippen molar-refractivity contribution >= 4 is 52.7 Å². The van der Waals surface area contributed by atoms with Crippen molar-refractivity contribution in [2.75, 3.05) is 19.6 Å². The van der Waals surface area contributed by atoms with Gasteiger partial charge in [-0.25, -0.2) is 9.17 Å². The van der Waals surface area contributed by atoms with Crippen molar-refractivity contribution < 1.29 is 29.0 Å². The maximum absolute atomic E-state index is 14.4. The van der Waals surface area contributed by atoms with Crippen LogP contribution in [0.2, 0.25) is 5.02 Å². The maximum atomic E-state index is 14.4. The van der Waals surface area contributed by atoms with Gasteiger partial charge >= 0.3 is 12.0 Å². The van der Waals surface area contributed by atoms with Gasteiger partial charge in [0, 0.05) is 29.9 Å². The quantitative estimate of drug-likeness (QED) is 0.286. The molecule has 0 bridgehead atoms. The van der Waals surface area contributed by atoms with Gasteiger partial charge in [-0.2, -0.15) is 0 Å². The van der Waals surface area contributed by atoms with Gasteiger partial charge in [-0.3, -0.25) is 24.3 Å². The molecule has 0 unspecified atom stereocenters. The molecular formula is C30H30ClN5O6S. The average Bonchev–Trinajstić information content (AvgIpc) is 3.60. The van der Waals surface area contributed by atoms with Crippen molar-refractivity contribution in [1.29, 1.82) is 0 Å². The van der Waals surface area contributed by atoms with Gasteiger partial charge < -0.3 is 20.1 Å². The average molecular weight is 624 g/mol. The Morgan fingerprint density at radius 2 is 1.88 bits per heavy atom. The predicted octanol–water partition coefficient (Wildman–Crippen LogP) is 4.73. The second kappa shape index (κ2) is 12.1. The molecule has 13 heteroatoms. The standard InChI is InChI=1S/C30H30ClN5O6S/c1-30(2,3)42-22-14-18(21(37)15-25(39)40)6-9-20(22)28-34-26(23-10-11-33-43-23)27(17-4-7-19(31)8-5-17)36(28)29(41)35-13-12-32-24(38)16-35/h4-11,14,26-27H,12-13,15-16H2,1-3H3,(H,32,38)(H,39,40)/t26-,27+/m0/s1. The number of ketones is 1. The zero-order chi connectivity index (χ0) is 30.9. The Balaban J connectivity index is 1.69. The molecule has 1 saturated heterocycles. The van der Waals surface area contributed by atoms with Crippen LogP contribution in [0.25, 0.3) is 0 Å². The molecule has 2 aliphatic rings. The summed E-state index contributed by atoms with van der Waals surface area (Å²) >= 11 is 7.48. The first kappa shape index (κ1) is 30.2. The van der Waals surface area contributed by atoms with Gasteiger partial charge in [0.2, 0.25) is 5.91 Å². The minimum atomic E-state index is -1.24. The van der Waals surface area contributed by atoms with Gasteiger partial charge in [-0.15, -0.1) is 0 Å². The Kier molecular flexibility index (Phi) is 8.52. The summed E-state index contributed by atoms with van der Waals surface area (Å²) in [6.07, 6.45) is 0.994. The number of hydrogen-bond donors (Lipinski definition) is 2. The summed E-state index contributed by atoms with van der Waals surface area (Å²) in [4.78, 5) is 59.6. The van der Waals surface area contributed by atoms with Crippen molar-refractivity contribution in [3.63, 3.8) is 0 Å². The van der Waals surface area contributed by atoms with Gasteiger partial charge in [-0.05, 0) is 68.2 Å². The summed E-state index contributed by atoms with van der Waals surface area (Å²) in [6.45, 7) is 6.02. The lowest BCUT2D eigenvalue weighted by Gasteiger charge is -2.36. The van der Waals surface area contributed by atoms with Crippen LogP contribution in [0.1, 0.15) is 65.6 Å². The summed E-state index contributed by atoms with van der Waals surface area (Å²) in [5.74, 6) is -1.55. The molecule has 5 rings (SSSR count). The number of benzene rings is 2. The summed E-state index contributed by atoms with van der Waals surface area (Å²) in [7, 11) is 0. The molecule has 1 aromatic heterocycles. The molecule has 2 aromatic carbocycles. The zero-order valence-corrected chi connectivity index (χ0v) is 25.3. The van der Waals surface area contributed by atoms with Crippen LogP contribution in [0.4, 0.5) is 4.79 Å². The molecule has 43 heavy (non-hydrogen) atoms. The van der Waals surface area contributed by atoms with Gasteiger partial charge in [0.05, 0.1) is 16.5 Å². The fourth-order valence-electron chi connectivity index (χ4n) is 5.02. The number of urea groups is 1. The Morgan fingerprint density at radius 3 is 2.51 bits per heavy atom. The van der Waals surface area contributed by atoms with E-state index in [4.69, 9.17) is 21.3 Å². The van der Waals surface area contributed by atoms with E-state index in [0.717, 1.165) is 10.4 Å². The molecule has 2 N–H and O–H groups in total. The second-order valence-corrected chi connectivity index (χ2v) is 12.5. The molecule has 224 valence electrons. The molecule has 3 aromatic rings. The summed E-state index contributed by atoms with van der Waals surface area (Å²) < 4.78 is 10.6. The fourth-order valence-corrected chi connectivity index (χ4v) is 5.80. The van der Waals surface area contributed by atoms with Crippen LogP contribution in [-0.2, 0) is 9.59 Å². The normalized spacial score (nSPS) is 18.7. The number of piperazine rings is 1. The number of carboxylic acids is 1. The molecule has 11 nitrogen and oxygen atoms in total. The molecule has 0 aliphatic carbocycles. The highest BCUT2D eigenvalue weighted by Gasteiger charge is 2.45. The van der Waals surface area contributed by atoms with E-state index in [0.29, 0.717) is 23.7 Å². The van der Waals surface area contributed by atoms with Crippen LogP contribution in [0.3, 0.4) is 0 Å². The van der Waals surface area contributed by atoms with E-state index in [1.54, 1.807) is 29.3 Å². The van der Waals surface area contributed by atoms with Crippen molar-refractivity contribution in [3.8, 4) is 5.75 Å². The fraction of sp³-hybridized carbons (Fsp3) is 0.333. The SMILES string of the molecule is CC(C)(C)Oc1cc(C(=O)CC(=O)O)ccc1C1=N[C@@H](c2ccns2)[C@@H](c2ccc(Cl)cc2)N1C(=O)N1CCNC(=O)C1. The lowest BCUT2D eigenvalue weighted by atomic mass is 9.97. The number of nitrogens with one attached hydrogen (secondary N) is 1. The summed E-state index contributed by atoms with van der Waals surface area (Å²) in [5, 5.41) is 12.5.